The van der Waals surface area contributed by atoms with Gasteiger partial charge in [-0.2, -0.15) is 0 Å². The molecule has 0 spiro atoms. The molecule has 0 saturated heterocycles. The number of benzene rings is 2. The molecule has 1 atom stereocenters. The maximum atomic E-state index is 13.2. The fraction of sp³-hybridized carbons (Fsp3) is 0.182. The molecule has 28 heavy (non-hydrogen) atoms. The summed E-state index contributed by atoms with van der Waals surface area (Å²) in [5, 5.41) is 3.45. The average Bonchev–Trinajstić information content (AvgIpc) is 3.00. The minimum Gasteiger partial charge on any atom is -0.497 e. The molecule has 1 aliphatic rings. The molecule has 0 saturated carbocycles. The van der Waals surface area contributed by atoms with Gasteiger partial charge in [-0.25, -0.2) is 4.98 Å². The summed E-state index contributed by atoms with van der Waals surface area (Å²) < 4.78 is 10.8. The predicted molar refractivity (Wildman–Crippen MR) is 108 cm³/mol. The van der Waals surface area contributed by atoms with Crippen molar-refractivity contribution in [2.24, 2.45) is 0 Å². The molecule has 142 valence electrons. The number of fused-ring (bicyclic) bond motifs is 1. The lowest BCUT2D eigenvalue weighted by Gasteiger charge is -2.27. The predicted octanol–water partition coefficient (Wildman–Crippen LogP) is 4.18. The highest BCUT2D eigenvalue weighted by molar-refractivity contribution is 6.11. The lowest BCUT2D eigenvalue weighted by atomic mass is 10.1. The monoisotopic (exact) mass is 375 g/mol. The number of anilines is 2. The molecule has 1 amide bonds. The van der Waals surface area contributed by atoms with Gasteiger partial charge in [-0.05, 0) is 42.8 Å². The number of carbonyl (C=O) groups is 1. The van der Waals surface area contributed by atoms with Crippen molar-refractivity contribution in [1.29, 1.82) is 0 Å². The molecule has 0 radical (unpaired) electrons. The Kier molecular flexibility index (Phi) is 4.61. The minimum atomic E-state index is -0.418. The molecule has 1 N–H and O–H groups in total. The van der Waals surface area contributed by atoms with Crippen LogP contribution in [-0.2, 0) is 0 Å². The normalized spacial score (nSPS) is 15.3. The van der Waals surface area contributed by atoms with Crippen LogP contribution in [0.25, 0.3) is 0 Å². The topological polar surface area (TPSA) is 63.7 Å². The van der Waals surface area contributed by atoms with Crippen LogP contribution in [0, 0.1) is 6.92 Å². The summed E-state index contributed by atoms with van der Waals surface area (Å²) in [5.41, 5.74) is 3.31. The van der Waals surface area contributed by atoms with Gasteiger partial charge in [0.1, 0.15) is 23.5 Å². The van der Waals surface area contributed by atoms with Crippen molar-refractivity contribution in [2.75, 3.05) is 24.4 Å². The first-order valence-electron chi connectivity index (χ1n) is 8.96. The molecule has 2 aromatic carbocycles. The van der Waals surface area contributed by atoms with Crippen LogP contribution in [0.4, 0.5) is 11.5 Å². The zero-order valence-electron chi connectivity index (χ0n) is 16.0. The van der Waals surface area contributed by atoms with E-state index in [4.69, 9.17) is 9.47 Å². The van der Waals surface area contributed by atoms with E-state index in [2.05, 4.69) is 10.3 Å². The maximum absolute atomic E-state index is 13.2. The second-order valence-corrected chi connectivity index (χ2v) is 6.57. The van der Waals surface area contributed by atoms with E-state index in [1.165, 1.54) is 0 Å². The van der Waals surface area contributed by atoms with Gasteiger partial charge in [0.25, 0.3) is 5.91 Å². The first kappa shape index (κ1) is 17.9. The number of nitrogens with zero attached hydrogens (tertiary/aromatic N) is 2. The Morgan fingerprint density at radius 2 is 1.86 bits per heavy atom. The van der Waals surface area contributed by atoms with E-state index >= 15 is 0 Å². The highest BCUT2D eigenvalue weighted by atomic mass is 16.5. The van der Waals surface area contributed by atoms with Gasteiger partial charge in [0.05, 0.1) is 19.9 Å². The van der Waals surface area contributed by atoms with Crippen LogP contribution in [-0.4, -0.2) is 25.1 Å². The number of amides is 1. The van der Waals surface area contributed by atoms with Crippen LogP contribution in [0.15, 0.2) is 60.8 Å². The Balaban J connectivity index is 1.81. The Hall–Kier alpha value is -3.54. The quantitative estimate of drug-likeness (QED) is 0.725. The van der Waals surface area contributed by atoms with Gasteiger partial charge in [0.2, 0.25) is 0 Å². The fourth-order valence-electron chi connectivity index (χ4n) is 3.42. The van der Waals surface area contributed by atoms with Gasteiger partial charge in [-0.15, -0.1) is 0 Å². The summed E-state index contributed by atoms with van der Waals surface area (Å²) in [6.45, 7) is 1.98. The Bertz CT molecular complexity index is 1040. The summed E-state index contributed by atoms with van der Waals surface area (Å²) in [4.78, 5) is 19.3. The molecule has 0 fully saturated rings. The van der Waals surface area contributed by atoms with Crippen molar-refractivity contribution in [3.05, 3.63) is 77.5 Å². The average molecular weight is 375 g/mol. The highest BCUT2D eigenvalue weighted by Crippen LogP contribution is 2.40. The molecule has 0 bridgehead atoms. The van der Waals surface area contributed by atoms with Gasteiger partial charge in [-0.3, -0.25) is 9.69 Å². The van der Waals surface area contributed by atoms with Crippen LogP contribution in [0.1, 0.15) is 27.7 Å². The summed E-state index contributed by atoms with van der Waals surface area (Å²) in [5.74, 6) is 1.87. The number of methoxy groups -OCH3 is 2. The van der Waals surface area contributed by atoms with E-state index in [-0.39, 0.29) is 5.91 Å². The first-order valence-corrected chi connectivity index (χ1v) is 8.96. The summed E-state index contributed by atoms with van der Waals surface area (Å²) in [6.07, 6.45) is 1.29. The van der Waals surface area contributed by atoms with Crippen molar-refractivity contribution in [3.8, 4) is 11.5 Å². The lowest BCUT2D eigenvalue weighted by Crippen LogP contribution is -2.33. The molecule has 6 nitrogen and oxygen atoms in total. The number of hydrogen-bond donors (Lipinski definition) is 1. The number of carbonyl (C=O) groups excluding carboxylic acids is 1. The second kappa shape index (κ2) is 7.23. The van der Waals surface area contributed by atoms with E-state index in [0.29, 0.717) is 22.9 Å². The zero-order valence-corrected chi connectivity index (χ0v) is 16.0. The smallest absolute Gasteiger partial charge is 0.261 e. The molecular weight excluding hydrogens is 354 g/mol. The van der Waals surface area contributed by atoms with Crippen LogP contribution < -0.4 is 19.7 Å². The Morgan fingerprint density at radius 1 is 1.04 bits per heavy atom. The summed E-state index contributed by atoms with van der Waals surface area (Å²) in [6, 6.07) is 16.9. The summed E-state index contributed by atoms with van der Waals surface area (Å²) in [7, 11) is 3.23. The van der Waals surface area contributed by atoms with Gasteiger partial charge < -0.3 is 14.8 Å². The third-order valence-electron chi connectivity index (χ3n) is 4.81. The number of nitrogens with one attached hydrogen (secondary N) is 1. The molecular formula is C22H21N3O3. The zero-order chi connectivity index (χ0) is 19.7. The minimum absolute atomic E-state index is 0.0898. The first-order chi connectivity index (χ1) is 13.6. The van der Waals surface area contributed by atoms with Crippen molar-refractivity contribution >= 4 is 17.4 Å². The number of pyridine rings is 1. The molecule has 2 heterocycles. The lowest BCUT2D eigenvalue weighted by molar-refractivity contribution is 0.0992. The molecule has 3 aromatic rings. The molecule has 6 heteroatoms. The van der Waals surface area contributed by atoms with Crippen LogP contribution >= 0.6 is 0 Å². The van der Waals surface area contributed by atoms with Crippen molar-refractivity contribution < 1.29 is 14.3 Å². The van der Waals surface area contributed by atoms with E-state index in [1.54, 1.807) is 25.3 Å². The number of aromatic nitrogens is 1. The van der Waals surface area contributed by atoms with E-state index in [1.807, 2.05) is 61.5 Å². The third kappa shape index (κ3) is 3.03. The van der Waals surface area contributed by atoms with Crippen LogP contribution in [0.5, 0.6) is 11.5 Å². The van der Waals surface area contributed by atoms with Gasteiger partial charge in [-0.1, -0.05) is 18.2 Å². The van der Waals surface area contributed by atoms with Crippen molar-refractivity contribution in [2.45, 2.75) is 13.1 Å². The fourth-order valence-corrected chi connectivity index (χ4v) is 3.42. The van der Waals surface area contributed by atoms with Gasteiger partial charge >= 0.3 is 0 Å². The molecule has 1 aliphatic heterocycles. The number of rotatable bonds is 5. The van der Waals surface area contributed by atoms with E-state index < -0.39 is 6.17 Å². The maximum Gasteiger partial charge on any atom is 0.261 e. The van der Waals surface area contributed by atoms with Crippen LogP contribution in [0.2, 0.25) is 0 Å². The second-order valence-electron chi connectivity index (χ2n) is 6.57. The SMILES string of the molecule is COc1ccc(OC)c(NC2c3ccccc3C(=O)N2c2cc(C)ccn2)c1. The van der Waals surface area contributed by atoms with E-state index in [0.717, 1.165) is 16.8 Å². The number of ether oxygens (including phenoxy) is 2. The van der Waals surface area contributed by atoms with Crippen LogP contribution in [0.3, 0.4) is 0 Å². The van der Waals surface area contributed by atoms with Gasteiger partial charge in [0.15, 0.2) is 0 Å². The molecule has 1 unspecified atom stereocenters. The molecule has 0 aliphatic carbocycles. The Morgan fingerprint density at radius 3 is 2.61 bits per heavy atom. The standard InChI is InChI=1S/C22H21N3O3/c1-14-10-11-23-20(12-14)25-21(16-6-4-5-7-17(16)22(25)26)24-18-13-15(27-2)8-9-19(18)28-3/h4-13,21,24H,1-3H3. The summed E-state index contributed by atoms with van der Waals surface area (Å²) >= 11 is 0. The third-order valence-corrected chi connectivity index (χ3v) is 4.81. The largest absolute Gasteiger partial charge is 0.497 e. The molecule has 4 rings (SSSR count). The number of aryl methyl sites for hydroxylation is 1. The highest BCUT2D eigenvalue weighted by Gasteiger charge is 2.38. The van der Waals surface area contributed by atoms with Crippen molar-refractivity contribution in [1.82, 2.24) is 4.98 Å². The number of hydrogen-bond acceptors (Lipinski definition) is 5. The van der Waals surface area contributed by atoms with Gasteiger partial charge in [0, 0.05) is 23.4 Å². The molecule has 1 aromatic heterocycles. The van der Waals surface area contributed by atoms with Crippen molar-refractivity contribution in [3.63, 3.8) is 0 Å². The van der Waals surface area contributed by atoms with E-state index in [9.17, 15) is 4.79 Å². The Labute approximate surface area is 163 Å².